The second kappa shape index (κ2) is 11.5. The zero-order valence-corrected chi connectivity index (χ0v) is 19.0. The molecule has 0 fully saturated rings. The number of methoxy groups -OCH3 is 2. The number of hydrogen-bond acceptors (Lipinski definition) is 7. The molecule has 10 heteroatoms. The molecule has 0 saturated heterocycles. The lowest BCUT2D eigenvalue weighted by molar-refractivity contribution is -0.136. The number of rotatable bonds is 7. The second-order valence-corrected chi connectivity index (χ2v) is 7.12. The summed E-state index contributed by atoms with van der Waals surface area (Å²) in [5.74, 6) is -1.26. The minimum Gasteiger partial charge on any atom is -0.497 e. The van der Waals surface area contributed by atoms with Crippen LogP contribution in [0.3, 0.4) is 0 Å². The van der Waals surface area contributed by atoms with Gasteiger partial charge in [0, 0.05) is 11.1 Å². The Morgan fingerprint density at radius 1 is 0.882 bits per heavy atom. The van der Waals surface area contributed by atoms with Gasteiger partial charge in [0.15, 0.2) is 0 Å². The predicted molar refractivity (Wildman–Crippen MR) is 127 cm³/mol. The van der Waals surface area contributed by atoms with Crippen LogP contribution in [0, 0.1) is 0 Å². The highest BCUT2D eigenvalue weighted by atomic mass is 35.5. The van der Waals surface area contributed by atoms with Gasteiger partial charge in [0.1, 0.15) is 17.2 Å². The molecule has 0 aromatic heterocycles. The highest BCUT2D eigenvalue weighted by Gasteiger charge is 2.16. The molecule has 3 aromatic carbocycles. The number of carbonyl (C=O) groups is 3. The van der Waals surface area contributed by atoms with Crippen molar-refractivity contribution in [3.8, 4) is 17.2 Å². The number of hydrazone groups is 1. The van der Waals surface area contributed by atoms with Gasteiger partial charge in [-0.3, -0.25) is 9.59 Å². The summed E-state index contributed by atoms with van der Waals surface area (Å²) in [4.78, 5) is 36.3. The summed E-state index contributed by atoms with van der Waals surface area (Å²) in [5.41, 5.74) is 3.36. The third-order valence-electron chi connectivity index (χ3n) is 4.39. The fraction of sp³-hybridized carbons (Fsp3) is 0.0833. The summed E-state index contributed by atoms with van der Waals surface area (Å²) in [5, 5.41) is 6.64. The number of esters is 1. The Kier molecular flexibility index (Phi) is 8.20. The lowest BCUT2D eigenvalue weighted by Crippen LogP contribution is -2.32. The minimum absolute atomic E-state index is 0.301. The van der Waals surface area contributed by atoms with Crippen LogP contribution in [-0.2, 0) is 9.59 Å². The highest BCUT2D eigenvalue weighted by Crippen LogP contribution is 2.28. The fourth-order valence-electron chi connectivity index (χ4n) is 2.70. The zero-order chi connectivity index (χ0) is 24.5. The molecule has 9 nitrogen and oxygen atoms in total. The van der Waals surface area contributed by atoms with Crippen molar-refractivity contribution >= 4 is 41.3 Å². The van der Waals surface area contributed by atoms with E-state index in [1.807, 2.05) is 0 Å². The molecule has 0 aliphatic rings. The van der Waals surface area contributed by atoms with Gasteiger partial charge >= 0.3 is 17.8 Å². The van der Waals surface area contributed by atoms with Crippen LogP contribution in [0.2, 0.25) is 5.02 Å². The van der Waals surface area contributed by atoms with Gasteiger partial charge in [0.2, 0.25) is 0 Å². The maximum absolute atomic E-state index is 12.2. The summed E-state index contributed by atoms with van der Waals surface area (Å²) in [6.07, 6.45) is 1.34. The van der Waals surface area contributed by atoms with Gasteiger partial charge in [-0.1, -0.05) is 17.7 Å². The largest absolute Gasteiger partial charge is 0.497 e. The maximum atomic E-state index is 12.2. The average molecular weight is 482 g/mol. The average Bonchev–Trinajstić information content (AvgIpc) is 2.85. The maximum Gasteiger partial charge on any atom is 0.343 e. The van der Waals surface area contributed by atoms with Crippen molar-refractivity contribution in [1.29, 1.82) is 0 Å². The number of amides is 2. The molecule has 0 atom stereocenters. The monoisotopic (exact) mass is 481 g/mol. The van der Waals surface area contributed by atoms with Gasteiger partial charge in [-0.05, 0) is 60.2 Å². The SMILES string of the molecule is COc1ccc(NC(=O)C(=O)N/N=C/c2ccc(OC(=O)c3cccc(Cl)c3)cc2)c(OC)c1. The zero-order valence-electron chi connectivity index (χ0n) is 18.2. The summed E-state index contributed by atoms with van der Waals surface area (Å²) < 4.78 is 15.6. The topological polar surface area (TPSA) is 115 Å². The Bertz CT molecular complexity index is 1230. The summed E-state index contributed by atoms with van der Waals surface area (Å²) in [6.45, 7) is 0. The Hall–Kier alpha value is -4.37. The number of benzene rings is 3. The third-order valence-corrected chi connectivity index (χ3v) is 4.63. The van der Waals surface area contributed by atoms with E-state index in [1.54, 1.807) is 60.7 Å². The first kappa shape index (κ1) is 24.3. The molecule has 2 amide bonds. The molecular formula is C24H20ClN3O6. The lowest BCUT2D eigenvalue weighted by Gasteiger charge is -2.10. The van der Waals surface area contributed by atoms with E-state index >= 15 is 0 Å². The molecule has 3 aromatic rings. The van der Waals surface area contributed by atoms with Crippen molar-refractivity contribution in [2.45, 2.75) is 0 Å². The number of nitrogens with one attached hydrogen (secondary N) is 2. The van der Waals surface area contributed by atoms with Crippen molar-refractivity contribution in [2.75, 3.05) is 19.5 Å². The highest BCUT2D eigenvalue weighted by molar-refractivity contribution is 6.39. The van der Waals surface area contributed by atoms with E-state index in [9.17, 15) is 14.4 Å². The molecule has 0 bridgehead atoms. The van der Waals surface area contributed by atoms with Crippen molar-refractivity contribution in [1.82, 2.24) is 5.43 Å². The van der Waals surface area contributed by atoms with Crippen LogP contribution in [0.25, 0.3) is 0 Å². The van der Waals surface area contributed by atoms with E-state index < -0.39 is 17.8 Å². The lowest BCUT2D eigenvalue weighted by atomic mass is 10.2. The van der Waals surface area contributed by atoms with E-state index in [1.165, 1.54) is 26.5 Å². The normalized spacial score (nSPS) is 10.4. The quantitative estimate of drug-likeness (QED) is 0.175. The van der Waals surface area contributed by atoms with Crippen LogP contribution < -0.4 is 25.0 Å². The molecule has 174 valence electrons. The van der Waals surface area contributed by atoms with Gasteiger partial charge < -0.3 is 19.5 Å². The number of carbonyl (C=O) groups excluding carboxylic acids is 3. The van der Waals surface area contributed by atoms with Crippen molar-refractivity contribution in [2.24, 2.45) is 5.10 Å². The molecule has 3 rings (SSSR count). The summed E-state index contributed by atoms with van der Waals surface area (Å²) in [7, 11) is 2.93. The van der Waals surface area contributed by atoms with E-state index in [-0.39, 0.29) is 0 Å². The Labute approximate surface area is 200 Å². The molecule has 34 heavy (non-hydrogen) atoms. The van der Waals surface area contributed by atoms with Crippen LogP contribution in [-0.4, -0.2) is 38.2 Å². The first-order valence-electron chi connectivity index (χ1n) is 9.84. The van der Waals surface area contributed by atoms with E-state index in [0.29, 0.717) is 39.1 Å². The molecule has 0 aliphatic heterocycles. The van der Waals surface area contributed by atoms with Gasteiger partial charge in [-0.2, -0.15) is 5.10 Å². The Balaban J connectivity index is 1.53. The molecule has 0 spiro atoms. The van der Waals surface area contributed by atoms with Crippen LogP contribution in [0.1, 0.15) is 15.9 Å². The number of hydrogen-bond donors (Lipinski definition) is 2. The number of halogens is 1. The second-order valence-electron chi connectivity index (χ2n) is 6.69. The van der Waals surface area contributed by atoms with Crippen molar-refractivity contribution < 1.29 is 28.6 Å². The molecular weight excluding hydrogens is 462 g/mol. The minimum atomic E-state index is -0.971. The van der Waals surface area contributed by atoms with Crippen molar-refractivity contribution in [3.05, 3.63) is 82.9 Å². The van der Waals surface area contributed by atoms with Crippen LogP contribution in [0.5, 0.6) is 17.2 Å². The number of anilines is 1. The van der Waals surface area contributed by atoms with Gasteiger partial charge in [-0.25, -0.2) is 10.2 Å². The predicted octanol–water partition coefficient (Wildman–Crippen LogP) is 3.67. The summed E-state index contributed by atoms with van der Waals surface area (Å²) in [6, 6.07) is 17.5. The van der Waals surface area contributed by atoms with E-state index in [2.05, 4.69) is 15.8 Å². The van der Waals surface area contributed by atoms with Gasteiger partial charge in [0.25, 0.3) is 0 Å². The van der Waals surface area contributed by atoms with E-state index in [4.69, 9.17) is 25.8 Å². The first-order chi connectivity index (χ1) is 16.4. The number of nitrogens with zero attached hydrogens (tertiary/aromatic N) is 1. The van der Waals surface area contributed by atoms with Crippen molar-refractivity contribution in [3.63, 3.8) is 0 Å². The smallest absolute Gasteiger partial charge is 0.343 e. The van der Waals surface area contributed by atoms with E-state index in [0.717, 1.165) is 0 Å². The standard InChI is InChI=1S/C24H20ClN3O6/c1-32-19-10-11-20(21(13-19)33-2)27-22(29)23(30)28-26-14-15-6-8-18(9-7-15)34-24(31)16-4-3-5-17(25)12-16/h3-14H,1-2H3,(H,27,29)(H,28,30)/b26-14+. The first-order valence-corrected chi connectivity index (χ1v) is 10.2. The number of ether oxygens (including phenoxy) is 3. The molecule has 0 saturated carbocycles. The van der Waals surface area contributed by atoms with Crippen LogP contribution in [0.4, 0.5) is 5.69 Å². The Morgan fingerprint density at radius 2 is 1.62 bits per heavy atom. The third kappa shape index (κ3) is 6.57. The molecule has 0 heterocycles. The summed E-state index contributed by atoms with van der Waals surface area (Å²) >= 11 is 5.88. The molecule has 0 aliphatic carbocycles. The van der Waals surface area contributed by atoms with Crippen LogP contribution >= 0.6 is 11.6 Å². The fourth-order valence-corrected chi connectivity index (χ4v) is 2.89. The van der Waals surface area contributed by atoms with Gasteiger partial charge in [-0.15, -0.1) is 0 Å². The molecule has 2 N–H and O–H groups in total. The molecule has 0 unspecified atom stereocenters. The Morgan fingerprint density at radius 3 is 2.29 bits per heavy atom. The van der Waals surface area contributed by atoms with Gasteiger partial charge in [0.05, 0.1) is 31.7 Å². The van der Waals surface area contributed by atoms with Crippen LogP contribution in [0.15, 0.2) is 71.8 Å². The molecule has 0 radical (unpaired) electrons.